The second kappa shape index (κ2) is 28.9. The minimum atomic E-state index is -1.40. The third-order valence-corrected chi connectivity index (χ3v) is 16.2. The van der Waals surface area contributed by atoms with Crippen molar-refractivity contribution in [1.82, 2.24) is 47.2 Å². The summed E-state index contributed by atoms with van der Waals surface area (Å²) < 4.78 is 0. The summed E-state index contributed by atoms with van der Waals surface area (Å²) in [5.74, 6) is -7.07. The van der Waals surface area contributed by atoms with Crippen LogP contribution < -0.4 is 54.4 Å². The van der Waals surface area contributed by atoms with E-state index < -0.39 is 102 Å². The number of unbranched alkanes of at least 4 members (excludes halogenated alkanes) is 1. The molecule has 16 N–H and O–H groups in total. The van der Waals surface area contributed by atoms with Crippen LogP contribution in [-0.4, -0.2) is 129 Å². The quantitative estimate of drug-likeness (QED) is 0.0433. The maximum atomic E-state index is 14.9. The van der Waals surface area contributed by atoms with Crippen LogP contribution in [0.3, 0.4) is 0 Å². The molecule has 1 fully saturated rings. The predicted octanol–water partition coefficient (Wildman–Crippen LogP) is 2.01. The Kier molecular flexibility index (Phi) is 21.6. The summed E-state index contributed by atoms with van der Waals surface area (Å²) in [6, 6.07) is 19.5. The molecule has 0 saturated carbocycles. The first-order valence-electron chi connectivity index (χ1n) is 26.5. The van der Waals surface area contributed by atoms with Gasteiger partial charge >= 0.3 is 0 Å². The zero-order valence-electron chi connectivity index (χ0n) is 44.5. The van der Waals surface area contributed by atoms with Gasteiger partial charge in [0.05, 0.1) is 6.04 Å². The van der Waals surface area contributed by atoms with Crippen LogP contribution in [0.2, 0.25) is 0 Å². The van der Waals surface area contributed by atoms with Gasteiger partial charge < -0.3 is 69.5 Å². The largest absolute Gasteiger partial charge is 0.508 e. The first-order valence-corrected chi connectivity index (χ1v) is 29.0. The first-order chi connectivity index (χ1) is 38.5. The molecule has 8 amide bonds. The SMILES string of the molecule is CC(C)[C@@H]1NC(=O)[C@H](CCCCN)NC(=O)[C@@H](Cc2c[nH]c3ccccc23)NC(=O)[C@H](Cc2ccc(O)cc2)NC(=O)C(NC(=O)[C@H](N)Cc2ccccc2)CSSC[C@@H](C(=O)N[C@@H](Cc2c[nH]c3ccccc23)C(N)=O)NC1=O. The van der Waals surface area contributed by atoms with Gasteiger partial charge in [-0.2, -0.15) is 0 Å². The highest BCUT2D eigenvalue weighted by Gasteiger charge is 2.36. The Morgan fingerprint density at radius 3 is 1.86 bits per heavy atom. The fraction of sp³-hybridized carbons (Fsp3) is 0.368. The molecule has 0 radical (unpaired) electrons. The van der Waals surface area contributed by atoms with Crippen LogP contribution in [0.4, 0.5) is 0 Å². The van der Waals surface area contributed by atoms with Gasteiger partial charge in [0.1, 0.15) is 48.0 Å². The van der Waals surface area contributed by atoms with E-state index in [1.165, 1.54) is 12.1 Å². The number of hydrogen-bond acceptors (Lipinski definition) is 13. The minimum Gasteiger partial charge on any atom is -0.508 e. The van der Waals surface area contributed by atoms with Crippen molar-refractivity contribution in [1.29, 1.82) is 0 Å². The lowest BCUT2D eigenvalue weighted by atomic mass is 10.00. The molecular formula is C57H70N12O9S2. The lowest BCUT2D eigenvalue weighted by Crippen LogP contribution is -2.61. The highest BCUT2D eigenvalue weighted by molar-refractivity contribution is 8.76. The molecule has 2 aromatic heterocycles. The van der Waals surface area contributed by atoms with Crippen LogP contribution in [0.15, 0.2) is 116 Å². The Labute approximate surface area is 471 Å². The molecule has 0 aliphatic carbocycles. The molecule has 1 unspecified atom stereocenters. The molecule has 6 aromatic rings. The first kappa shape index (κ1) is 59.8. The Morgan fingerprint density at radius 1 is 0.637 bits per heavy atom. The highest BCUT2D eigenvalue weighted by atomic mass is 33.1. The zero-order valence-corrected chi connectivity index (χ0v) is 46.1. The average Bonchev–Trinajstić information content (AvgIpc) is 4.06. The highest BCUT2D eigenvalue weighted by Crippen LogP contribution is 2.25. The fourth-order valence-electron chi connectivity index (χ4n) is 9.29. The summed E-state index contributed by atoms with van der Waals surface area (Å²) >= 11 is 0. The number of benzene rings is 4. The molecule has 0 spiro atoms. The van der Waals surface area contributed by atoms with Gasteiger partial charge in [-0.1, -0.05) is 114 Å². The lowest BCUT2D eigenvalue weighted by molar-refractivity contribution is -0.136. The Balaban J connectivity index is 1.25. The smallest absolute Gasteiger partial charge is 0.244 e. The number of aromatic amines is 2. The van der Waals surface area contributed by atoms with Gasteiger partial charge in [-0.25, -0.2) is 0 Å². The van der Waals surface area contributed by atoms with Gasteiger partial charge in [0.15, 0.2) is 0 Å². The Hall–Kier alpha value is -7.86. The third-order valence-electron chi connectivity index (χ3n) is 13.8. The number of aromatic hydroxyl groups is 1. The summed E-state index contributed by atoms with van der Waals surface area (Å²) in [6.45, 7) is 3.68. The molecule has 7 rings (SSSR count). The predicted molar refractivity (Wildman–Crippen MR) is 309 cm³/mol. The van der Waals surface area contributed by atoms with E-state index in [0.717, 1.165) is 49.0 Å². The molecular weight excluding hydrogens is 1060 g/mol. The van der Waals surface area contributed by atoms with Crippen molar-refractivity contribution in [3.05, 3.63) is 138 Å². The topological polar surface area (TPSA) is 351 Å². The van der Waals surface area contributed by atoms with E-state index in [2.05, 4.69) is 47.2 Å². The number of carbonyl (C=O) groups excluding carboxylic acids is 8. The van der Waals surface area contributed by atoms with Gasteiger partial charge in [-0.05, 0) is 84.7 Å². The number of fused-ring (bicyclic) bond motifs is 2. The average molecular weight is 1130 g/mol. The van der Waals surface area contributed by atoms with Crippen molar-refractivity contribution in [3.63, 3.8) is 0 Å². The van der Waals surface area contributed by atoms with Gasteiger partial charge in [-0.15, -0.1) is 0 Å². The van der Waals surface area contributed by atoms with Crippen LogP contribution in [-0.2, 0) is 64.0 Å². The summed E-state index contributed by atoms with van der Waals surface area (Å²) in [6.07, 6.45) is 4.31. The second-order valence-corrected chi connectivity index (χ2v) is 22.7. The second-order valence-electron chi connectivity index (χ2n) is 20.1. The van der Waals surface area contributed by atoms with Crippen molar-refractivity contribution in [3.8, 4) is 5.75 Å². The number of phenols is 1. The van der Waals surface area contributed by atoms with Crippen LogP contribution >= 0.6 is 21.6 Å². The number of H-pyrrole nitrogens is 2. The maximum Gasteiger partial charge on any atom is 0.244 e. The number of primary amides is 1. The van der Waals surface area contributed by atoms with E-state index in [0.29, 0.717) is 29.5 Å². The summed E-state index contributed by atoms with van der Waals surface area (Å²) in [4.78, 5) is 121. The van der Waals surface area contributed by atoms with Crippen molar-refractivity contribution in [2.24, 2.45) is 23.1 Å². The van der Waals surface area contributed by atoms with E-state index in [4.69, 9.17) is 17.2 Å². The molecule has 80 heavy (non-hydrogen) atoms. The summed E-state index contributed by atoms with van der Waals surface area (Å²) in [5, 5.41) is 31.3. The van der Waals surface area contributed by atoms with Gasteiger partial charge in [0, 0.05) is 65.0 Å². The van der Waals surface area contributed by atoms with Crippen molar-refractivity contribution in [2.45, 2.75) is 107 Å². The number of hydrogen-bond donors (Lipinski definition) is 13. The molecule has 1 saturated heterocycles. The van der Waals surface area contributed by atoms with E-state index >= 15 is 0 Å². The minimum absolute atomic E-state index is 0.00683. The zero-order chi connectivity index (χ0) is 57.3. The molecule has 1 aliphatic heterocycles. The number of nitrogens with one attached hydrogen (secondary N) is 9. The van der Waals surface area contributed by atoms with E-state index in [-0.39, 0.29) is 55.9 Å². The molecule has 8 atom stereocenters. The van der Waals surface area contributed by atoms with Crippen molar-refractivity contribution < 1.29 is 43.5 Å². The van der Waals surface area contributed by atoms with E-state index in [1.54, 1.807) is 50.5 Å². The number of amides is 8. The normalized spacial score (nSPS) is 20.8. The summed E-state index contributed by atoms with van der Waals surface area (Å²) in [5.41, 5.74) is 22.4. The molecule has 3 heterocycles. The number of aromatic nitrogens is 2. The van der Waals surface area contributed by atoms with Crippen molar-refractivity contribution >= 4 is 90.7 Å². The van der Waals surface area contributed by atoms with Gasteiger partial charge in [0.25, 0.3) is 0 Å². The number of para-hydroxylation sites is 2. The van der Waals surface area contributed by atoms with Crippen LogP contribution in [0.25, 0.3) is 21.8 Å². The van der Waals surface area contributed by atoms with E-state index in [1.807, 2.05) is 66.7 Å². The molecule has 0 bridgehead atoms. The lowest BCUT2D eigenvalue weighted by Gasteiger charge is -2.29. The van der Waals surface area contributed by atoms with Crippen LogP contribution in [0.5, 0.6) is 5.75 Å². The molecule has 1 aliphatic rings. The monoisotopic (exact) mass is 1130 g/mol. The number of carbonyl (C=O) groups is 8. The molecule has 4 aromatic carbocycles. The maximum absolute atomic E-state index is 14.9. The molecule has 23 heteroatoms. The number of nitrogens with two attached hydrogens (primary N) is 3. The fourth-order valence-corrected chi connectivity index (χ4v) is 11.6. The summed E-state index contributed by atoms with van der Waals surface area (Å²) in [7, 11) is 2.13. The number of phenolic OH excluding ortho intramolecular Hbond substituents is 1. The number of rotatable bonds is 18. The van der Waals surface area contributed by atoms with Gasteiger partial charge in [0.2, 0.25) is 47.3 Å². The third kappa shape index (κ3) is 16.6. The Bertz CT molecular complexity index is 3120. The molecule has 21 nitrogen and oxygen atoms in total. The molecule has 424 valence electrons. The Morgan fingerprint density at radius 2 is 1.21 bits per heavy atom. The standard InChI is InChI=1S/C57H70N12O9S2/c1-32(2)49-57(78)68-48(55(76)64-44(50(60)71)26-35-28-61-41-16-8-6-14-38(35)41)31-80-79-30-47(67-51(72)40(59)24-33-12-4-3-5-13-33)56(77)65-45(25-34-19-21-37(70)22-20-34)53(74)66-46(27-36-29-62-42-17-9-7-15-39(36)42)54(75)63-43(52(73)69-49)18-10-11-23-58/h3-9,12-17,19-22,28-29,32,40,43-49,61-62,70H,10-11,18,23-27,30-31,58-59H2,1-2H3,(H2,60,71)(H,63,75)(H,64,76)(H,65,77)(H,66,74)(H,67,72)(H,68,78)(H,69,73)/t40-,43+,44+,45+,46-,47?,48+,49+/m1/s1. The van der Waals surface area contributed by atoms with E-state index in [9.17, 15) is 43.5 Å². The van der Waals surface area contributed by atoms with Gasteiger partial charge in [-0.3, -0.25) is 38.4 Å². The van der Waals surface area contributed by atoms with Crippen LogP contribution in [0.1, 0.15) is 55.4 Å². The van der Waals surface area contributed by atoms with Crippen LogP contribution in [0, 0.1) is 5.92 Å². The van der Waals surface area contributed by atoms with Crippen molar-refractivity contribution in [2.75, 3.05) is 18.1 Å².